The van der Waals surface area contributed by atoms with Gasteiger partial charge in [-0.15, -0.1) is 0 Å². The summed E-state index contributed by atoms with van der Waals surface area (Å²) in [6, 6.07) is 0. The normalized spacial score (nSPS) is 43.8. The lowest BCUT2D eigenvalue weighted by molar-refractivity contribution is -0.0381. The van der Waals surface area contributed by atoms with Crippen molar-refractivity contribution in [3.63, 3.8) is 0 Å². The molecule has 28 heavy (non-hydrogen) atoms. The molecule has 3 saturated carbocycles. The number of rotatable bonds is 4. The zero-order valence-electron chi connectivity index (χ0n) is 19.2. The lowest BCUT2D eigenvalue weighted by Crippen LogP contribution is -2.48. The van der Waals surface area contributed by atoms with Gasteiger partial charge in [-0.2, -0.15) is 0 Å². The summed E-state index contributed by atoms with van der Waals surface area (Å²) in [5.41, 5.74) is 6.23. The van der Waals surface area contributed by atoms with E-state index in [9.17, 15) is 5.11 Å². The SMILES string of the molecule is CC(C)=CCC[C@@H](C)[C@H]1CCC2=C3CC[C@H]4C[C@@H](O)CC[C@]4(C)[C@H]3CC[C@@]21C. The van der Waals surface area contributed by atoms with Crippen molar-refractivity contribution in [3.05, 3.63) is 22.8 Å². The average Bonchev–Trinajstić information content (AvgIpc) is 2.99. The lowest BCUT2D eigenvalue weighted by atomic mass is 9.49. The summed E-state index contributed by atoms with van der Waals surface area (Å²) < 4.78 is 0. The van der Waals surface area contributed by atoms with Crippen LogP contribution in [0.3, 0.4) is 0 Å². The summed E-state index contributed by atoms with van der Waals surface area (Å²) in [5, 5.41) is 10.2. The molecule has 158 valence electrons. The highest BCUT2D eigenvalue weighted by Gasteiger charge is 2.55. The van der Waals surface area contributed by atoms with Crippen LogP contribution in [-0.2, 0) is 0 Å². The predicted octanol–water partition coefficient (Wildman–Crippen LogP) is 7.45. The van der Waals surface area contributed by atoms with Crippen molar-refractivity contribution in [2.24, 2.45) is 34.5 Å². The number of allylic oxidation sites excluding steroid dienone is 4. The van der Waals surface area contributed by atoms with Gasteiger partial charge in [-0.25, -0.2) is 0 Å². The van der Waals surface area contributed by atoms with Gasteiger partial charge in [0.15, 0.2) is 0 Å². The fourth-order valence-electron chi connectivity index (χ4n) is 8.25. The van der Waals surface area contributed by atoms with Crippen LogP contribution in [0.2, 0.25) is 0 Å². The molecule has 4 aliphatic rings. The third-order valence-corrected chi connectivity index (χ3v) is 9.90. The van der Waals surface area contributed by atoms with Crippen LogP contribution in [0.15, 0.2) is 22.8 Å². The number of aliphatic hydroxyl groups is 1. The molecule has 0 heterocycles. The molecule has 4 aliphatic carbocycles. The van der Waals surface area contributed by atoms with Crippen molar-refractivity contribution >= 4 is 0 Å². The highest BCUT2D eigenvalue weighted by Crippen LogP contribution is 2.65. The monoisotopic (exact) mass is 384 g/mol. The van der Waals surface area contributed by atoms with Crippen LogP contribution in [0.5, 0.6) is 0 Å². The molecule has 0 aromatic heterocycles. The molecule has 3 fully saturated rings. The Morgan fingerprint density at radius 1 is 1.11 bits per heavy atom. The fraction of sp³-hybridized carbons (Fsp3) is 0.852. The Morgan fingerprint density at radius 3 is 2.64 bits per heavy atom. The van der Waals surface area contributed by atoms with Crippen LogP contribution in [0.25, 0.3) is 0 Å². The molecular formula is C27H44O. The van der Waals surface area contributed by atoms with Crippen LogP contribution in [-0.4, -0.2) is 11.2 Å². The van der Waals surface area contributed by atoms with Crippen LogP contribution in [0.4, 0.5) is 0 Å². The van der Waals surface area contributed by atoms with Crippen molar-refractivity contribution in [3.8, 4) is 0 Å². The summed E-state index contributed by atoms with van der Waals surface area (Å²) in [4.78, 5) is 0. The molecule has 0 saturated heterocycles. The molecule has 0 aliphatic heterocycles. The first-order valence-corrected chi connectivity index (χ1v) is 12.3. The van der Waals surface area contributed by atoms with E-state index in [2.05, 4.69) is 40.7 Å². The minimum Gasteiger partial charge on any atom is -0.393 e. The maximum atomic E-state index is 10.2. The van der Waals surface area contributed by atoms with E-state index in [-0.39, 0.29) is 6.10 Å². The smallest absolute Gasteiger partial charge is 0.0543 e. The Hall–Kier alpha value is -0.560. The van der Waals surface area contributed by atoms with Gasteiger partial charge >= 0.3 is 0 Å². The Morgan fingerprint density at radius 2 is 1.89 bits per heavy atom. The summed E-state index contributed by atoms with van der Waals surface area (Å²) in [5.74, 6) is 3.31. The largest absolute Gasteiger partial charge is 0.393 e. The maximum Gasteiger partial charge on any atom is 0.0543 e. The first kappa shape index (κ1) is 20.7. The lowest BCUT2D eigenvalue weighted by Gasteiger charge is -2.56. The van der Waals surface area contributed by atoms with Crippen LogP contribution in [0.1, 0.15) is 105 Å². The van der Waals surface area contributed by atoms with Gasteiger partial charge in [0.25, 0.3) is 0 Å². The number of fused-ring (bicyclic) bond motifs is 4. The van der Waals surface area contributed by atoms with Gasteiger partial charge in [-0.3, -0.25) is 0 Å². The van der Waals surface area contributed by atoms with Crippen molar-refractivity contribution in [2.45, 2.75) is 111 Å². The highest BCUT2D eigenvalue weighted by atomic mass is 16.3. The zero-order valence-corrected chi connectivity index (χ0v) is 19.2. The quantitative estimate of drug-likeness (QED) is 0.499. The van der Waals surface area contributed by atoms with E-state index >= 15 is 0 Å². The van der Waals surface area contributed by atoms with Gasteiger partial charge in [0.2, 0.25) is 0 Å². The summed E-state index contributed by atoms with van der Waals surface area (Å²) in [6.45, 7) is 12.2. The van der Waals surface area contributed by atoms with Gasteiger partial charge in [0.1, 0.15) is 0 Å². The van der Waals surface area contributed by atoms with E-state index in [1.54, 1.807) is 0 Å². The Bertz CT molecular complexity index is 653. The number of aliphatic hydroxyl groups excluding tert-OH is 1. The zero-order chi connectivity index (χ0) is 20.1. The van der Waals surface area contributed by atoms with E-state index in [1.807, 2.05) is 11.1 Å². The fourth-order valence-corrected chi connectivity index (χ4v) is 8.25. The second-order valence-corrected chi connectivity index (χ2v) is 11.7. The molecule has 1 heteroatoms. The van der Waals surface area contributed by atoms with E-state index in [0.717, 1.165) is 36.5 Å². The number of hydrogen-bond acceptors (Lipinski definition) is 1. The maximum absolute atomic E-state index is 10.2. The van der Waals surface area contributed by atoms with E-state index in [4.69, 9.17) is 0 Å². The molecule has 0 aromatic carbocycles. The van der Waals surface area contributed by atoms with Gasteiger partial charge in [0.05, 0.1) is 6.10 Å². The van der Waals surface area contributed by atoms with Crippen LogP contribution in [0, 0.1) is 34.5 Å². The van der Waals surface area contributed by atoms with Crippen LogP contribution >= 0.6 is 0 Å². The molecule has 7 atom stereocenters. The van der Waals surface area contributed by atoms with Crippen molar-refractivity contribution in [2.75, 3.05) is 0 Å². The molecule has 0 unspecified atom stereocenters. The summed E-state index contributed by atoms with van der Waals surface area (Å²) in [7, 11) is 0. The van der Waals surface area contributed by atoms with Gasteiger partial charge < -0.3 is 5.11 Å². The predicted molar refractivity (Wildman–Crippen MR) is 119 cm³/mol. The van der Waals surface area contributed by atoms with E-state index in [1.165, 1.54) is 63.4 Å². The Balaban J connectivity index is 1.56. The Labute approximate surface area is 174 Å². The molecule has 4 rings (SSSR count). The topological polar surface area (TPSA) is 20.2 Å². The first-order chi connectivity index (χ1) is 13.3. The molecule has 1 nitrogen and oxygen atoms in total. The second kappa shape index (κ2) is 7.60. The van der Waals surface area contributed by atoms with Crippen LogP contribution < -0.4 is 0 Å². The van der Waals surface area contributed by atoms with Crippen molar-refractivity contribution in [1.29, 1.82) is 0 Å². The van der Waals surface area contributed by atoms with E-state index in [0.29, 0.717) is 10.8 Å². The van der Waals surface area contributed by atoms with Crippen molar-refractivity contribution in [1.82, 2.24) is 0 Å². The van der Waals surface area contributed by atoms with E-state index < -0.39 is 0 Å². The van der Waals surface area contributed by atoms with Gasteiger partial charge in [0, 0.05) is 0 Å². The Kier molecular flexibility index (Phi) is 5.62. The van der Waals surface area contributed by atoms with Crippen molar-refractivity contribution < 1.29 is 5.11 Å². The standard InChI is InChI=1S/C27H44O/c1-18(2)7-6-8-19(3)23-11-12-24-22-10-9-20-17-21(28)13-15-26(20,4)25(22)14-16-27(23,24)5/h7,19-21,23,25,28H,6,8-17H2,1-5H3/t19-,20+,21+,23-,25+,26+,27-/m1/s1. The minimum absolute atomic E-state index is 0.0290. The van der Waals surface area contributed by atoms with Gasteiger partial charge in [-0.1, -0.05) is 43.6 Å². The molecule has 0 spiro atoms. The molecule has 1 N–H and O–H groups in total. The highest BCUT2D eigenvalue weighted by molar-refractivity contribution is 5.34. The average molecular weight is 385 g/mol. The molecule has 0 amide bonds. The molecular weight excluding hydrogens is 340 g/mol. The summed E-state index contributed by atoms with van der Waals surface area (Å²) in [6.07, 6.45) is 16.7. The third-order valence-electron chi connectivity index (χ3n) is 9.90. The number of hydrogen-bond donors (Lipinski definition) is 1. The summed E-state index contributed by atoms with van der Waals surface area (Å²) >= 11 is 0. The molecule has 0 bridgehead atoms. The second-order valence-electron chi connectivity index (χ2n) is 11.7. The van der Waals surface area contributed by atoms with Gasteiger partial charge in [-0.05, 0) is 119 Å². The molecule has 0 aromatic rings. The minimum atomic E-state index is -0.0290. The first-order valence-electron chi connectivity index (χ1n) is 12.3. The third kappa shape index (κ3) is 3.34. The molecule has 0 radical (unpaired) electrons.